The molecule has 0 aliphatic carbocycles. The molecule has 2 heteroatoms. The number of phenols is 2. The summed E-state index contributed by atoms with van der Waals surface area (Å²) >= 11 is 0. The zero-order valence-corrected chi connectivity index (χ0v) is 18.3. The highest BCUT2D eigenvalue weighted by molar-refractivity contribution is 5.54. The minimum Gasteiger partial charge on any atom is -0.508 e. The molecule has 0 amide bonds. The van der Waals surface area contributed by atoms with E-state index in [1.165, 1.54) is 22.3 Å². The Labute approximate surface area is 165 Å². The molecule has 0 aromatic heterocycles. The first-order chi connectivity index (χ1) is 12.4. The van der Waals surface area contributed by atoms with Crippen molar-refractivity contribution in [2.24, 2.45) is 0 Å². The largest absolute Gasteiger partial charge is 0.508 e. The molecule has 2 aromatic carbocycles. The molecule has 0 saturated carbocycles. The quantitative estimate of drug-likeness (QED) is 0.655. The Bertz CT molecular complexity index is 748. The van der Waals surface area contributed by atoms with Crippen molar-refractivity contribution in [1.29, 1.82) is 0 Å². The van der Waals surface area contributed by atoms with Crippen LogP contribution in [0, 0.1) is 0 Å². The predicted molar refractivity (Wildman–Crippen MR) is 115 cm³/mol. The van der Waals surface area contributed by atoms with Crippen molar-refractivity contribution in [3.8, 4) is 11.5 Å². The Morgan fingerprint density at radius 2 is 0.926 bits per heavy atom. The summed E-state index contributed by atoms with van der Waals surface area (Å²) in [4.78, 5) is 0. The van der Waals surface area contributed by atoms with Gasteiger partial charge in [-0.15, -0.1) is 0 Å². The Morgan fingerprint density at radius 1 is 0.593 bits per heavy atom. The van der Waals surface area contributed by atoms with Gasteiger partial charge in [-0.3, -0.25) is 0 Å². The first-order valence-electron chi connectivity index (χ1n) is 10.1. The van der Waals surface area contributed by atoms with Crippen molar-refractivity contribution in [2.45, 2.75) is 85.5 Å². The normalized spacial score (nSPS) is 12.4. The maximum absolute atomic E-state index is 10.5. The Balaban J connectivity index is 2.81. The molecule has 0 spiro atoms. The third-order valence-electron chi connectivity index (χ3n) is 5.49. The van der Waals surface area contributed by atoms with Crippen LogP contribution in [-0.4, -0.2) is 10.2 Å². The standard InChI is InChI=1S/C25H36O2/c1-9-16-18(20(24(3,4)5)11-13-22(16)26)15-19-17(10-2)23(27)14-12-21(19)25(6,7)8/h11-14,26-27H,9-10,15H2,1-8H3. The lowest BCUT2D eigenvalue weighted by atomic mass is 9.75. The third-order valence-corrected chi connectivity index (χ3v) is 5.49. The highest BCUT2D eigenvalue weighted by Gasteiger charge is 2.26. The highest BCUT2D eigenvalue weighted by Crippen LogP contribution is 2.39. The van der Waals surface area contributed by atoms with Gasteiger partial charge in [-0.1, -0.05) is 67.5 Å². The van der Waals surface area contributed by atoms with Gasteiger partial charge in [0.05, 0.1) is 0 Å². The van der Waals surface area contributed by atoms with E-state index in [0.29, 0.717) is 11.5 Å². The average molecular weight is 369 g/mol. The lowest BCUT2D eigenvalue weighted by molar-refractivity contribution is 0.464. The van der Waals surface area contributed by atoms with E-state index < -0.39 is 0 Å². The molecular weight excluding hydrogens is 332 g/mol. The van der Waals surface area contributed by atoms with Crippen molar-refractivity contribution in [1.82, 2.24) is 0 Å². The van der Waals surface area contributed by atoms with Crippen LogP contribution < -0.4 is 0 Å². The van der Waals surface area contributed by atoms with Gasteiger partial charge in [0, 0.05) is 0 Å². The molecule has 0 aliphatic rings. The van der Waals surface area contributed by atoms with E-state index in [1.807, 2.05) is 12.1 Å². The lowest BCUT2D eigenvalue weighted by Crippen LogP contribution is -2.19. The molecule has 27 heavy (non-hydrogen) atoms. The van der Waals surface area contributed by atoms with E-state index in [-0.39, 0.29) is 10.8 Å². The second kappa shape index (κ2) is 7.58. The molecule has 0 heterocycles. The molecule has 0 saturated heterocycles. The summed E-state index contributed by atoms with van der Waals surface area (Å²) in [5, 5.41) is 21.0. The average Bonchev–Trinajstić information content (AvgIpc) is 2.53. The van der Waals surface area contributed by atoms with Gasteiger partial charge < -0.3 is 10.2 Å². The number of hydrogen-bond donors (Lipinski definition) is 2. The summed E-state index contributed by atoms with van der Waals surface area (Å²) in [5.41, 5.74) is 6.95. The van der Waals surface area contributed by atoms with Gasteiger partial charge in [0.1, 0.15) is 11.5 Å². The van der Waals surface area contributed by atoms with Crippen LogP contribution in [0.25, 0.3) is 0 Å². The molecular formula is C25H36O2. The molecule has 2 nitrogen and oxygen atoms in total. The summed E-state index contributed by atoms with van der Waals surface area (Å²) in [7, 11) is 0. The maximum atomic E-state index is 10.5. The fraction of sp³-hybridized carbons (Fsp3) is 0.520. The number of hydrogen-bond acceptors (Lipinski definition) is 2. The van der Waals surface area contributed by atoms with Crippen LogP contribution in [0.5, 0.6) is 11.5 Å². The molecule has 0 radical (unpaired) electrons. The van der Waals surface area contributed by atoms with E-state index >= 15 is 0 Å². The second-order valence-electron chi connectivity index (χ2n) is 9.56. The van der Waals surface area contributed by atoms with E-state index in [2.05, 4.69) is 67.5 Å². The van der Waals surface area contributed by atoms with E-state index in [9.17, 15) is 10.2 Å². The van der Waals surface area contributed by atoms with Crippen LogP contribution >= 0.6 is 0 Å². The van der Waals surface area contributed by atoms with E-state index in [0.717, 1.165) is 30.4 Å². The third kappa shape index (κ3) is 4.31. The van der Waals surface area contributed by atoms with Crippen molar-refractivity contribution >= 4 is 0 Å². The van der Waals surface area contributed by atoms with Crippen molar-refractivity contribution < 1.29 is 10.2 Å². The summed E-state index contributed by atoms with van der Waals surface area (Å²) in [6.45, 7) is 17.5. The number of rotatable bonds is 4. The van der Waals surface area contributed by atoms with Crippen LogP contribution in [0.1, 0.15) is 88.8 Å². The summed E-state index contributed by atoms with van der Waals surface area (Å²) in [6, 6.07) is 7.79. The van der Waals surface area contributed by atoms with Crippen molar-refractivity contribution in [3.05, 3.63) is 57.6 Å². The fourth-order valence-corrected chi connectivity index (χ4v) is 4.14. The Morgan fingerprint density at radius 3 is 1.19 bits per heavy atom. The second-order valence-corrected chi connectivity index (χ2v) is 9.56. The fourth-order valence-electron chi connectivity index (χ4n) is 4.14. The van der Waals surface area contributed by atoms with Crippen molar-refractivity contribution in [3.63, 3.8) is 0 Å². The molecule has 0 aliphatic heterocycles. The van der Waals surface area contributed by atoms with Crippen LogP contribution in [-0.2, 0) is 30.1 Å². The monoisotopic (exact) mass is 368 g/mol. The molecule has 2 aromatic rings. The first kappa shape index (κ1) is 21.3. The zero-order chi connectivity index (χ0) is 20.6. The van der Waals surface area contributed by atoms with Crippen LogP contribution in [0.3, 0.4) is 0 Å². The van der Waals surface area contributed by atoms with E-state index in [1.54, 1.807) is 0 Å². The van der Waals surface area contributed by atoms with Gasteiger partial charge in [-0.25, -0.2) is 0 Å². The first-order valence-corrected chi connectivity index (χ1v) is 10.1. The SMILES string of the molecule is CCc1c(O)ccc(C(C)(C)C)c1Cc1c(C(C)(C)C)ccc(O)c1CC. The maximum Gasteiger partial charge on any atom is 0.119 e. The van der Waals surface area contributed by atoms with E-state index in [4.69, 9.17) is 0 Å². The van der Waals surface area contributed by atoms with Crippen LogP contribution in [0.4, 0.5) is 0 Å². The molecule has 2 rings (SSSR count). The molecule has 0 fully saturated rings. The van der Waals surface area contributed by atoms with Gasteiger partial charge >= 0.3 is 0 Å². The van der Waals surface area contributed by atoms with Crippen LogP contribution in [0.2, 0.25) is 0 Å². The number of aromatic hydroxyl groups is 2. The zero-order valence-electron chi connectivity index (χ0n) is 18.3. The molecule has 0 unspecified atom stereocenters. The van der Waals surface area contributed by atoms with Gasteiger partial charge in [0.2, 0.25) is 0 Å². The summed E-state index contributed by atoms with van der Waals surface area (Å²) < 4.78 is 0. The number of phenolic OH excluding ortho intramolecular Hbond substituents is 2. The topological polar surface area (TPSA) is 40.5 Å². The van der Waals surface area contributed by atoms with Gasteiger partial charge in [-0.05, 0) is 75.6 Å². The van der Waals surface area contributed by atoms with Crippen molar-refractivity contribution in [2.75, 3.05) is 0 Å². The highest BCUT2D eigenvalue weighted by atomic mass is 16.3. The molecule has 0 bridgehead atoms. The molecule has 148 valence electrons. The van der Waals surface area contributed by atoms with Crippen LogP contribution in [0.15, 0.2) is 24.3 Å². The predicted octanol–water partition coefficient (Wildman–Crippen LogP) is 6.41. The Hall–Kier alpha value is -1.96. The smallest absolute Gasteiger partial charge is 0.119 e. The molecule has 0 atom stereocenters. The minimum absolute atomic E-state index is 0.0158. The van der Waals surface area contributed by atoms with Gasteiger partial charge in [0.25, 0.3) is 0 Å². The molecule has 2 N–H and O–H groups in total. The van der Waals surface area contributed by atoms with Gasteiger partial charge in [-0.2, -0.15) is 0 Å². The minimum atomic E-state index is -0.0158. The Kier molecular flexibility index (Phi) is 5.99. The lowest BCUT2D eigenvalue weighted by Gasteiger charge is -2.29. The number of benzene rings is 2. The summed E-state index contributed by atoms with van der Waals surface area (Å²) in [5.74, 6) is 0.743. The summed E-state index contributed by atoms with van der Waals surface area (Å²) in [6.07, 6.45) is 2.31. The van der Waals surface area contributed by atoms with Gasteiger partial charge in [0.15, 0.2) is 0 Å².